The Labute approximate surface area is 132 Å². The predicted molar refractivity (Wildman–Crippen MR) is 91.5 cm³/mol. The van der Waals surface area contributed by atoms with Gasteiger partial charge in [0.1, 0.15) is 9.84 Å². The van der Waals surface area contributed by atoms with Gasteiger partial charge in [0.2, 0.25) is 0 Å². The van der Waals surface area contributed by atoms with Crippen molar-refractivity contribution in [3.8, 4) is 0 Å². The molecule has 0 bridgehead atoms. The Balaban J connectivity index is 2.38. The largest absolute Gasteiger partial charge is 0.314 e. The summed E-state index contributed by atoms with van der Waals surface area (Å²) in [6, 6.07) is 0.514. The van der Waals surface area contributed by atoms with Gasteiger partial charge in [0, 0.05) is 11.8 Å². The first-order valence-electron chi connectivity index (χ1n) is 9.01. The van der Waals surface area contributed by atoms with Gasteiger partial charge in [0.25, 0.3) is 0 Å². The summed E-state index contributed by atoms with van der Waals surface area (Å²) >= 11 is 0. The second kappa shape index (κ2) is 10.6. The fourth-order valence-corrected chi connectivity index (χ4v) is 4.24. The number of rotatable bonds is 10. The molecule has 1 aliphatic carbocycles. The fourth-order valence-electron chi connectivity index (χ4n) is 3.35. The first kappa shape index (κ1) is 19.0. The molecular formula is C17H35NO2S. The maximum absolute atomic E-state index is 11.6. The molecule has 0 aromatic carbocycles. The summed E-state index contributed by atoms with van der Waals surface area (Å²) in [6.45, 7) is 4.99. The van der Waals surface area contributed by atoms with Gasteiger partial charge < -0.3 is 5.32 Å². The predicted octanol–water partition coefficient (Wildman–Crippen LogP) is 3.93. The van der Waals surface area contributed by atoms with Crippen molar-refractivity contribution in [3.05, 3.63) is 0 Å². The molecule has 1 saturated carbocycles. The Morgan fingerprint density at radius 1 is 1.10 bits per heavy atom. The molecule has 1 atom stereocenters. The summed E-state index contributed by atoms with van der Waals surface area (Å²) in [7, 11) is -2.80. The molecule has 1 N–H and O–H groups in total. The second-order valence-corrected chi connectivity index (χ2v) is 9.10. The van der Waals surface area contributed by atoms with Crippen LogP contribution in [0.5, 0.6) is 0 Å². The van der Waals surface area contributed by atoms with E-state index in [-0.39, 0.29) is 5.75 Å². The quantitative estimate of drug-likeness (QED) is 0.621. The first-order valence-corrected chi connectivity index (χ1v) is 10.8. The van der Waals surface area contributed by atoms with Gasteiger partial charge in [-0.1, -0.05) is 52.4 Å². The Morgan fingerprint density at radius 2 is 1.76 bits per heavy atom. The van der Waals surface area contributed by atoms with E-state index in [2.05, 4.69) is 12.2 Å². The molecule has 126 valence electrons. The Morgan fingerprint density at radius 3 is 2.33 bits per heavy atom. The number of sulfone groups is 1. The molecule has 0 saturated heterocycles. The van der Waals surface area contributed by atoms with E-state index in [1.165, 1.54) is 44.9 Å². The number of nitrogens with one attached hydrogen (secondary N) is 1. The Kier molecular flexibility index (Phi) is 9.57. The molecule has 0 aromatic rings. The molecule has 0 spiro atoms. The van der Waals surface area contributed by atoms with Gasteiger partial charge in [-0.05, 0) is 38.1 Å². The van der Waals surface area contributed by atoms with Crippen molar-refractivity contribution in [3.63, 3.8) is 0 Å². The fraction of sp³-hybridized carbons (Fsp3) is 1.00. The van der Waals surface area contributed by atoms with E-state index >= 15 is 0 Å². The van der Waals surface area contributed by atoms with E-state index in [1.807, 2.05) is 0 Å². The van der Waals surface area contributed by atoms with E-state index in [4.69, 9.17) is 0 Å². The van der Waals surface area contributed by atoms with E-state index in [0.717, 1.165) is 31.7 Å². The van der Waals surface area contributed by atoms with Crippen molar-refractivity contribution in [1.29, 1.82) is 0 Å². The molecule has 1 aliphatic rings. The molecule has 0 aliphatic heterocycles. The van der Waals surface area contributed by atoms with Crippen LogP contribution in [-0.2, 0) is 9.84 Å². The standard InChI is InChI=1S/C17H35NO2S/c1-3-13-18-17(12-9-14-21(19,20)4-2)15-16-10-7-5-6-8-11-16/h16-18H,3-15H2,1-2H3. The minimum absolute atomic E-state index is 0.280. The molecule has 1 fully saturated rings. The second-order valence-electron chi connectivity index (χ2n) is 6.62. The van der Waals surface area contributed by atoms with Gasteiger partial charge in [0.05, 0.1) is 5.75 Å². The van der Waals surface area contributed by atoms with E-state index in [0.29, 0.717) is 11.8 Å². The molecule has 0 heterocycles. The summed E-state index contributed by atoms with van der Waals surface area (Å²) in [6.07, 6.45) is 12.5. The maximum Gasteiger partial charge on any atom is 0.150 e. The van der Waals surface area contributed by atoms with Gasteiger partial charge in [-0.15, -0.1) is 0 Å². The number of hydrogen-bond acceptors (Lipinski definition) is 3. The highest BCUT2D eigenvalue weighted by atomic mass is 32.2. The molecule has 3 nitrogen and oxygen atoms in total. The van der Waals surface area contributed by atoms with E-state index in [9.17, 15) is 8.42 Å². The smallest absolute Gasteiger partial charge is 0.150 e. The molecular weight excluding hydrogens is 282 g/mol. The Hall–Kier alpha value is -0.0900. The monoisotopic (exact) mass is 317 g/mol. The summed E-state index contributed by atoms with van der Waals surface area (Å²) < 4.78 is 23.2. The third-order valence-electron chi connectivity index (χ3n) is 4.72. The van der Waals surface area contributed by atoms with Gasteiger partial charge in [-0.2, -0.15) is 0 Å². The van der Waals surface area contributed by atoms with Crippen LogP contribution < -0.4 is 5.32 Å². The average molecular weight is 318 g/mol. The highest BCUT2D eigenvalue weighted by Crippen LogP contribution is 2.27. The van der Waals surface area contributed by atoms with Gasteiger partial charge in [-0.3, -0.25) is 0 Å². The van der Waals surface area contributed by atoms with Crippen molar-refractivity contribution in [1.82, 2.24) is 5.32 Å². The van der Waals surface area contributed by atoms with Crippen LogP contribution in [0.2, 0.25) is 0 Å². The summed E-state index contributed by atoms with van der Waals surface area (Å²) in [5, 5.41) is 3.65. The van der Waals surface area contributed by atoms with Crippen molar-refractivity contribution in [2.45, 2.75) is 84.1 Å². The zero-order valence-electron chi connectivity index (χ0n) is 14.1. The van der Waals surface area contributed by atoms with Crippen LogP contribution in [0.3, 0.4) is 0 Å². The van der Waals surface area contributed by atoms with Gasteiger partial charge in [0.15, 0.2) is 0 Å². The van der Waals surface area contributed by atoms with Crippen LogP contribution in [-0.4, -0.2) is 32.5 Å². The summed E-state index contributed by atoms with van der Waals surface area (Å²) in [5.74, 6) is 1.49. The van der Waals surface area contributed by atoms with Crippen LogP contribution >= 0.6 is 0 Å². The van der Waals surface area contributed by atoms with Gasteiger partial charge in [-0.25, -0.2) is 8.42 Å². The zero-order chi connectivity index (χ0) is 15.6. The van der Waals surface area contributed by atoms with Gasteiger partial charge >= 0.3 is 0 Å². The summed E-state index contributed by atoms with van der Waals surface area (Å²) in [4.78, 5) is 0. The van der Waals surface area contributed by atoms with Crippen molar-refractivity contribution >= 4 is 9.84 Å². The lowest BCUT2D eigenvalue weighted by molar-refractivity contribution is 0.338. The van der Waals surface area contributed by atoms with Crippen LogP contribution in [0.1, 0.15) is 78.1 Å². The summed E-state index contributed by atoms with van der Waals surface area (Å²) in [5.41, 5.74) is 0. The SMILES string of the molecule is CCCNC(CCCS(=O)(=O)CC)CC1CCCCCC1. The minimum Gasteiger partial charge on any atom is -0.314 e. The lowest BCUT2D eigenvalue weighted by atomic mass is 9.91. The Bertz CT molecular complexity index is 346. The van der Waals surface area contributed by atoms with Crippen molar-refractivity contribution in [2.24, 2.45) is 5.92 Å². The van der Waals surface area contributed by atoms with Crippen molar-refractivity contribution < 1.29 is 8.42 Å². The number of hydrogen-bond donors (Lipinski definition) is 1. The van der Waals surface area contributed by atoms with Crippen molar-refractivity contribution in [2.75, 3.05) is 18.1 Å². The maximum atomic E-state index is 11.6. The average Bonchev–Trinajstić information content (AvgIpc) is 2.73. The zero-order valence-corrected chi connectivity index (χ0v) is 14.9. The topological polar surface area (TPSA) is 46.2 Å². The molecule has 0 radical (unpaired) electrons. The van der Waals surface area contributed by atoms with Crippen LogP contribution in [0.15, 0.2) is 0 Å². The molecule has 4 heteroatoms. The molecule has 1 rings (SSSR count). The normalized spacial score (nSPS) is 19.3. The van der Waals surface area contributed by atoms with E-state index in [1.54, 1.807) is 6.92 Å². The third-order valence-corrected chi connectivity index (χ3v) is 6.51. The molecule has 0 amide bonds. The lowest BCUT2D eigenvalue weighted by Crippen LogP contribution is -2.32. The molecule has 0 aromatic heterocycles. The molecule has 1 unspecified atom stereocenters. The highest BCUT2D eigenvalue weighted by Gasteiger charge is 2.18. The molecule has 21 heavy (non-hydrogen) atoms. The lowest BCUT2D eigenvalue weighted by Gasteiger charge is -2.24. The van der Waals surface area contributed by atoms with Crippen LogP contribution in [0.4, 0.5) is 0 Å². The first-order chi connectivity index (χ1) is 10.1. The van der Waals surface area contributed by atoms with Crippen LogP contribution in [0.25, 0.3) is 0 Å². The highest BCUT2D eigenvalue weighted by molar-refractivity contribution is 7.91. The van der Waals surface area contributed by atoms with E-state index < -0.39 is 9.84 Å². The minimum atomic E-state index is -2.80. The van der Waals surface area contributed by atoms with Crippen LogP contribution in [0, 0.1) is 5.92 Å². The third kappa shape index (κ3) is 8.82.